The summed E-state index contributed by atoms with van der Waals surface area (Å²) in [6.07, 6.45) is 1.80. The second-order valence-corrected chi connectivity index (χ2v) is 5.31. The van der Waals surface area contributed by atoms with Gasteiger partial charge >= 0.3 is 5.97 Å². The number of aromatic nitrogens is 1. The minimum absolute atomic E-state index is 0.0365. The topological polar surface area (TPSA) is 51.2 Å². The molecule has 19 heavy (non-hydrogen) atoms. The maximum atomic E-state index is 11.7. The summed E-state index contributed by atoms with van der Waals surface area (Å²) >= 11 is 7.52. The van der Waals surface area contributed by atoms with Crippen LogP contribution in [0.25, 0.3) is 0 Å². The fraction of sp³-hybridized carbons (Fsp3) is 0.231. The molecule has 2 aromatic rings. The van der Waals surface area contributed by atoms with Gasteiger partial charge in [-0.2, -0.15) is 0 Å². The Morgan fingerprint density at radius 2 is 2.32 bits per heavy atom. The van der Waals surface area contributed by atoms with Crippen molar-refractivity contribution >= 4 is 34.6 Å². The number of halogens is 1. The van der Waals surface area contributed by atoms with Gasteiger partial charge in [-0.3, -0.25) is 4.98 Å². The number of esters is 1. The van der Waals surface area contributed by atoms with Crippen molar-refractivity contribution in [3.05, 3.63) is 45.4 Å². The molecule has 1 unspecified atom stereocenters. The number of hydrogen-bond donors (Lipinski definition) is 1. The van der Waals surface area contributed by atoms with E-state index in [1.807, 2.05) is 6.92 Å². The van der Waals surface area contributed by atoms with E-state index in [-0.39, 0.29) is 6.04 Å². The van der Waals surface area contributed by atoms with E-state index < -0.39 is 5.97 Å². The van der Waals surface area contributed by atoms with E-state index >= 15 is 0 Å². The fourth-order valence-electron chi connectivity index (χ4n) is 1.67. The van der Waals surface area contributed by atoms with E-state index in [1.165, 1.54) is 7.11 Å². The summed E-state index contributed by atoms with van der Waals surface area (Å²) in [5, 5.41) is 3.82. The summed E-state index contributed by atoms with van der Waals surface area (Å²) in [6.45, 7) is 2.00. The minimum atomic E-state index is -0.393. The molecule has 1 heterocycles. The van der Waals surface area contributed by atoms with Gasteiger partial charge in [-0.05, 0) is 25.1 Å². The Morgan fingerprint density at radius 3 is 2.95 bits per heavy atom. The number of carbonyl (C=O) groups excluding carboxylic acids is 1. The molecule has 0 aliphatic carbocycles. The first kappa shape index (κ1) is 13.8. The van der Waals surface area contributed by atoms with Crippen molar-refractivity contribution in [2.75, 3.05) is 12.4 Å². The lowest BCUT2D eigenvalue weighted by atomic mass is 10.1. The Bertz CT molecular complexity index is 572. The van der Waals surface area contributed by atoms with Crippen LogP contribution in [0.15, 0.2) is 29.9 Å². The third-order valence-electron chi connectivity index (χ3n) is 2.64. The molecule has 0 saturated carbocycles. The minimum Gasteiger partial charge on any atom is -0.465 e. The lowest BCUT2D eigenvalue weighted by Crippen LogP contribution is -2.11. The van der Waals surface area contributed by atoms with Crippen molar-refractivity contribution in [1.29, 1.82) is 0 Å². The molecular formula is C13H13ClN2O2S. The van der Waals surface area contributed by atoms with Gasteiger partial charge in [-0.1, -0.05) is 11.6 Å². The van der Waals surface area contributed by atoms with Crippen LogP contribution in [0.3, 0.4) is 0 Å². The van der Waals surface area contributed by atoms with Crippen LogP contribution in [-0.2, 0) is 4.74 Å². The number of carbonyl (C=O) groups is 1. The monoisotopic (exact) mass is 296 g/mol. The van der Waals surface area contributed by atoms with Crippen LogP contribution in [0.1, 0.15) is 28.2 Å². The zero-order chi connectivity index (χ0) is 13.8. The Balaban J connectivity index is 2.28. The van der Waals surface area contributed by atoms with Crippen LogP contribution in [-0.4, -0.2) is 18.1 Å². The van der Waals surface area contributed by atoms with E-state index in [0.29, 0.717) is 16.3 Å². The molecular weight excluding hydrogens is 284 g/mol. The van der Waals surface area contributed by atoms with Crippen molar-refractivity contribution in [2.45, 2.75) is 13.0 Å². The van der Waals surface area contributed by atoms with Gasteiger partial charge < -0.3 is 10.1 Å². The molecule has 0 radical (unpaired) electrons. The van der Waals surface area contributed by atoms with Crippen LogP contribution in [0.4, 0.5) is 5.69 Å². The van der Waals surface area contributed by atoms with Gasteiger partial charge in [-0.25, -0.2) is 4.79 Å². The molecule has 1 aromatic heterocycles. The number of hydrogen-bond acceptors (Lipinski definition) is 5. The molecule has 1 atom stereocenters. The van der Waals surface area contributed by atoms with Gasteiger partial charge in [0.2, 0.25) is 0 Å². The van der Waals surface area contributed by atoms with Gasteiger partial charge in [0.15, 0.2) is 0 Å². The van der Waals surface area contributed by atoms with Crippen LogP contribution < -0.4 is 5.32 Å². The molecule has 1 aromatic carbocycles. The quantitative estimate of drug-likeness (QED) is 0.873. The largest absolute Gasteiger partial charge is 0.465 e. The lowest BCUT2D eigenvalue weighted by molar-refractivity contribution is 0.0602. The SMILES string of the molecule is COC(=O)c1ccc(Cl)cc1NC(C)c1cncs1. The second kappa shape index (κ2) is 6.04. The highest BCUT2D eigenvalue weighted by Gasteiger charge is 2.15. The number of rotatable bonds is 4. The summed E-state index contributed by atoms with van der Waals surface area (Å²) in [4.78, 5) is 16.8. The van der Waals surface area contributed by atoms with E-state index in [4.69, 9.17) is 16.3 Å². The zero-order valence-corrected chi connectivity index (χ0v) is 12.1. The molecule has 6 heteroatoms. The second-order valence-electron chi connectivity index (χ2n) is 3.95. The first-order chi connectivity index (χ1) is 9.11. The van der Waals surface area contributed by atoms with Crippen LogP contribution in [0.5, 0.6) is 0 Å². The average Bonchev–Trinajstić information content (AvgIpc) is 2.92. The Kier molecular flexibility index (Phi) is 4.39. The van der Waals surface area contributed by atoms with E-state index in [2.05, 4.69) is 10.3 Å². The third kappa shape index (κ3) is 3.24. The first-order valence-electron chi connectivity index (χ1n) is 5.64. The Labute approximate surface area is 120 Å². The Morgan fingerprint density at radius 1 is 1.53 bits per heavy atom. The van der Waals surface area contributed by atoms with Crippen molar-refractivity contribution < 1.29 is 9.53 Å². The lowest BCUT2D eigenvalue weighted by Gasteiger charge is -2.16. The summed E-state index contributed by atoms with van der Waals surface area (Å²) < 4.78 is 4.76. The van der Waals surface area contributed by atoms with Crippen molar-refractivity contribution in [3.63, 3.8) is 0 Å². The number of thiazole rings is 1. The van der Waals surface area contributed by atoms with Crippen LogP contribution >= 0.6 is 22.9 Å². The fourth-order valence-corrected chi connectivity index (χ4v) is 2.47. The van der Waals surface area contributed by atoms with E-state index in [1.54, 1.807) is 41.2 Å². The summed E-state index contributed by atoms with van der Waals surface area (Å²) in [6, 6.07) is 5.06. The number of nitrogens with one attached hydrogen (secondary N) is 1. The predicted molar refractivity (Wildman–Crippen MR) is 76.9 cm³/mol. The summed E-state index contributed by atoms with van der Waals surface area (Å²) in [7, 11) is 1.35. The number of benzene rings is 1. The molecule has 0 aliphatic rings. The smallest absolute Gasteiger partial charge is 0.339 e. The molecule has 100 valence electrons. The van der Waals surface area contributed by atoms with Gasteiger partial charge in [0, 0.05) is 16.1 Å². The number of anilines is 1. The number of methoxy groups -OCH3 is 1. The van der Waals surface area contributed by atoms with Crippen LogP contribution in [0.2, 0.25) is 5.02 Å². The maximum Gasteiger partial charge on any atom is 0.339 e. The van der Waals surface area contributed by atoms with E-state index in [0.717, 1.165) is 4.88 Å². The number of ether oxygens (including phenoxy) is 1. The van der Waals surface area contributed by atoms with Gasteiger partial charge in [0.1, 0.15) is 0 Å². The first-order valence-corrected chi connectivity index (χ1v) is 6.90. The molecule has 0 saturated heterocycles. The molecule has 0 spiro atoms. The molecule has 4 nitrogen and oxygen atoms in total. The van der Waals surface area contributed by atoms with Crippen molar-refractivity contribution in [2.24, 2.45) is 0 Å². The summed E-state index contributed by atoms with van der Waals surface area (Å²) in [5.41, 5.74) is 2.88. The highest BCUT2D eigenvalue weighted by Crippen LogP contribution is 2.27. The molecule has 1 N–H and O–H groups in total. The summed E-state index contributed by atoms with van der Waals surface area (Å²) in [5.74, 6) is -0.393. The highest BCUT2D eigenvalue weighted by atomic mass is 35.5. The molecule has 0 fully saturated rings. The van der Waals surface area contributed by atoms with Crippen molar-refractivity contribution in [3.8, 4) is 0 Å². The normalized spacial score (nSPS) is 11.9. The van der Waals surface area contributed by atoms with E-state index in [9.17, 15) is 4.79 Å². The Hall–Kier alpha value is -1.59. The molecule has 0 aliphatic heterocycles. The average molecular weight is 297 g/mol. The highest BCUT2D eigenvalue weighted by molar-refractivity contribution is 7.09. The molecule has 2 rings (SSSR count). The zero-order valence-electron chi connectivity index (χ0n) is 10.5. The van der Waals surface area contributed by atoms with Crippen LogP contribution in [0, 0.1) is 0 Å². The van der Waals surface area contributed by atoms with Crippen molar-refractivity contribution in [1.82, 2.24) is 4.98 Å². The van der Waals surface area contributed by atoms with Gasteiger partial charge in [0.25, 0.3) is 0 Å². The molecule has 0 bridgehead atoms. The maximum absolute atomic E-state index is 11.7. The standard InChI is InChI=1S/C13H13ClN2O2S/c1-8(12-6-15-7-19-12)16-11-5-9(14)3-4-10(11)13(17)18-2/h3-8,16H,1-2H3. The third-order valence-corrected chi connectivity index (χ3v) is 3.83. The number of nitrogens with zero attached hydrogens (tertiary/aromatic N) is 1. The predicted octanol–water partition coefficient (Wildman–Crippen LogP) is 3.76. The molecule has 0 amide bonds. The van der Waals surface area contributed by atoms with Gasteiger partial charge in [-0.15, -0.1) is 11.3 Å². The van der Waals surface area contributed by atoms with Gasteiger partial charge in [0.05, 0.1) is 29.9 Å².